The number of carbonyl (C=O) groups excluding carboxylic acids is 1. The summed E-state index contributed by atoms with van der Waals surface area (Å²) >= 11 is 0. The van der Waals surface area contributed by atoms with Crippen molar-refractivity contribution in [3.8, 4) is 17.0 Å². The third kappa shape index (κ3) is 5.07. The summed E-state index contributed by atoms with van der Waals surface area (Å²) in [5, 5.41) is 11.9. The molecule has 3 aromatic rings. The Morgan fingerprint density at radius 2 is 1.78 bits per heavy atom. The Hall–Kier alpha value is -3.41. The van der Waals surface area contributed by atoms with Crippen LogP contribution in [0.2, 0.25) is 0 Å². The summed E-state index contributed by atoms with van der Waals surface area (Å²) in [7, 11) is 1.65. The topological polar surface area (TPSA) is 67.3 Å². The van der Waals surface area contributed by atoms with Gasteiger partial charge in [0.2, 0.25) is 5.91 Å². The fraction of sp³-hybridized carbons (Fsp3) is 0.346. The number of anilines is 2. The van der Waals surface area contributed by atoms with Crippen LogP contribution in [0.5, 0.6) is 5.75 Å². The number of methoxy groups -OCH3 is 1. The van der Waals surface area contributed by atoms with Crippen LogP contribution in [-0.4, -0.2) is 36.3 Å². The zero-order chi connectivity index (χ0) is 22.5. The highest BCUT2D eigenvalue weighted by Crippen LogP contribution is 2.25. The van der Waals surface area contributed by atoms with E-state index in [0.717, 1.165) is 47.9 Å². The van der Waals surface area contributed by atoms with Gasteiger partial charge in [-0.15, -0.1) is 10.2 Å². The summed E-state index contributed by atoms with van der Waals surface area (Å²) in [6.07, 6.45) is 1.83. The summed E-state index contributed by atoms with van der Waals surface area (Å²) < 4.78 is 5.21. The Morgan fingerprint density at radius 3 is 2.41 bits per heavy atom. The SMILES string of the molecule is COc1ccc(-c2ccc(N3CCCC(C(=O)Nc4ccc(C(C)C)cc4)C3)nn2)cc1. The van der Waals surface area contributed by atoms with Crippen molar-refractivity contribution in [1.29, 1.82) is 0 Å². The van der Waals surface area contributed by atoms with E-state index >= 15 is 0 Å². The molecule has 1 atom stereocenters. The van der Waals surface area contributed by atoms with E-state index in [0.29, 0.717) is 12.5 Å². The lowest BCUT2D eigenvalue weighted by molar-refractivity contribution is -0.120. The molecule has 1 aliphatic heterocycles. The molecule has 4 rings (SSSR count). The fourth-order valence-corrected chi connectivity index (χ4v) is 4.00. The molecule has 2 aromatic carbocycles. The van der Waals surface area contributed by atoms with Crippen molar-refractivity contribution in [2.24, 2.45) is 5.92 Å². The maximum absolute atomic E-state index is 12.9. The molecular weight excluding hydrogens is 400 g/mol. The number of piperidine rings is 1. The quantitative estimate of drug-likeness (QED) is 0.587. The first-order valence-corrected chi connectivity index (χ1v) is 11.2. The molecule has 1 saturated heterocycles. The number of nitrogens with one attached hydrogen (secondary N) is 1. The van der Waals surface area contributed by atoms with Crippen LogP contribution < -0.4 is 15.0 Å². The summed E-state index contributed by atoms with van der Waals surface area (Å²) in [6.45, 7) is 5.85. The average molecular weight is 431 g/mol. The van der Waals surface area contributed by atoms with Crippen LogP contribution in [0.3, 0.4) is 0 Å². The van der Waals surface area contributed by atoms with Gasteiger partial charge < -0.3 is 15.0 Å². The monoisotopic (exact) mass is 430 g/mol. The predicted octanol–water partition coefficient (Wildman–Crippen LogP) is 5.13. The van der Waals surface area contributed by atoms with Gasteiger partial charge in [0.15, 0.2) is 5.82 Å². The van der Waals surface area contributed by atoms with Crippen LogP contribution in [0.1, 0.15) is 38.2 Å². The normalized spacial score (nSPS) is 16.1. The molecule has 32 heavy (non-hydrogen) atoms. The molecule has 0 radical (unpaired) electrons. The first kappa shape index (κ1) is 21.8. The second-order valence-corrected chi connectivity index (χ2v) is 8.56. The van der Waals surface area contributed by atoms with Crippen LogP contribution in [0, 0.1) is 5.92 Å². The van der Waals surface area contributed by atoms with Gasteiger partial charge in [-0.2, -0.15) is 0 Å². The lowest BCUT2D eigenvalue weighted by atomic mass is 9.96. The molecule has 1 unspecified atom stereocenters. The third-order valence-corrected chi connectivity index (χ3v) is 6.00. The van der Waals surface area contributed by atoms with Crippen LogP contribution in [0.25, 0.3) is 11.3 Å². The van der Waals surface area contributed by atoms with Crippen molar-refractivity contribution < 1.29 is 9.53 Å². The van der Waals surface area contributed by atoms with Crippen LogP contribution in [0.15, 0.2) is 60.7 Å². The molecule has 1 aromatic heterocycles. The van der Waals surface area contributed by atoms with Crippen LogP contribution in [-0.2, 0) is 4.79 Å². The standard InChI is InChI=1S/C26H30N4O2/c1-18(2)19-6-10-22(11-7-19)27-26(31)21-5-4-16-30(17-21)25-15-14-24(28-29-25)20-8-12-23(32-3)13-9-20/h6-15,18,21H,4-5,16-17H2,1-3H3,(H,27,31). The second-order valence-electron chi connectivity index (χ2n) is 8.56. The van der Waals surface area contributed by atoms with Crippen molar-refractivity contribution in [2.75, 3.05) is 30.4 Å². The predicted molar refractivity (Wildman–Crippen MR) is 128 cm³/mol. The Kier molecular flexibility index (Phi) is 6.69. The van der Waals surface area contributed by atoms with E-state index in [1.807, 2.05) is 48.5 Å². The van der Waals surface area contributed by atoms with Crippen molar-refractivity contribution in [1.82, 2.24) is 10.2 Å². The van der Waals surface area contributed by atoms with Crippen molar-refractivity contribution in [2.45, 2.75) is 32.6 Å². The Balaban J connectivity index is 1.39. The Bertz CT molecular complexity index is 1030. The number of nitrogens with zero attached hydrogens (tertiary/aromatic N) is 3. The lowest BCUT2D eigenvalue weighted by Crippen LogP contribution is -2.41. The van der Waals surface area contributed by atoms with E-state index < -0.39 is 0 Å². The minimum Gasteiger partial charge on any atom is -0.497 e. The van der Waals surface area contributed by atoms with Crippen LogP contribution >= 0.6 is 0 Å². The molecule has 0 bridgehead atoms. The van der Waals surface area contributed by atoms with Gasteiger partial charge in [-0.1, -0.05) is 26.0 Å². The molecule has 166 valence electrons. The Morgan fingerprint density at radius 1 is 1.03 bits per heavy atom. The van der Waals surface area contributed by atoms with E-state index in [-0.39, 0.29) is 11.8 Å². The maximum atomic E-state index is 12.9. The molecule has 2 heterocycles. The van der Waals surface area contributed by atoms with Gasteiger partial charge in [0.1, 0.15) is 5.75 Å². The van der Waals surface area contributed by atoms with E-state index in [1.54, 1.807) is 7.11 Å². The highest BCUT2D eigenvalue weighted by molar-refractivity contribution is 5.93. The van der Waals surface area contributed by atoms with Gasteiger partial charge in [-0.25, -0.2) is 0 Å². The molecule has 0 aliphatic carbocycles. The number of aromatic nitrogens is 2. The summed E-state index contributed by atoms with van der Waals surface area (Å²) in [5.41, 5.74) is 3.92. The molecule has 1 aliphatic rings. The van der Waals surface area contributed by atoms with Gasteiger partial charge in [0.05, 0.1) is 18.7 Å². The maximum Gasteiger partial charge on any atom is 0.229 e. The zero-order valence-electron chi connectivity index (χ0n) is 18.9. The number of carbonyl (C=O) groups is 1. The van der Waals surface area contributed by atoms with Crippen molar-refractivity contribution in [3.63, 3.8) is 0 Å². The number of benzene rings is 2. The van der Waals surface area contributed by atoms with E-state index in [9.17, 15) is 4.79 Å². The van der Waals surface area contributed by atoms with Gasteiger partial charge in [0, 0.05) is 24.3 Å². The summed E-state index contributed by atoms with van der Waals surface area (Å²) in [6, 6.07) is 19.8. The minimum absolute atomic E-state index is 0.0646. The zero-order valence-corrected chi connectivity index (χ0v) is 18.9. The fourth-order valence-electron chi connectivity index (χ4n) is 4.00. The number of rotatable bonds is 6. The average Bonchev–Trinajstić information content (AvgIpc) is 2.84. The smallest absolute Gasteiger partial charge is 0.229 e. The number of hydrogen-bond donors (Lipinski definition) is 1. The van der Waals surface area contributed by atoms with Crippen molar-refractivity contribution in [3.05, 3.63) is 66.2 Å². The molecular formula is C26H30N4O2. The largest absolute Gasteiger partial charge is 0.497 e. The van der Waals surface area contributed by atoms with Gasteiger partial charge >= 0.3 is 0 Å². The van der Waals surface area contributed by atoms with Crippen LogP contribution in [0.4, 0.5) is 11.5 Å². The first-order valence-electron chi connectivity index (χ1n) is 11.2. The highest BCUT2D eigenvalue weighted by atomic mass is 16.5. The van der Waals surface area contributed by atoms with Gasteiger partial charge in [-0.05, 0) is 72.9 Å². The van der Waals surface area contributed by atoms with E-state index in [1.165, 1.54) is 5.56 Å². The van der Waals surface area contributed by atoms with Gasteiger partial charge in [0.25, 0.3) is 0 Å². The molecule has 1 fully saturated rings. The molecule has 0 saturated carbocycles. The number of amides is 1. The van der Waals surface area contributed by atoms with Gasteiger partial charge in [-0.3, -0.25) is 4.79 Å². The minimum atomic E-state index is -0.0726. The third-order valence-electron chi connectivity index (χ3n) is 6.00. The molecule has 0 spiro atoms. The summed E-state index contributed by atoms with van der Waals surface area (Å²) in [5.74, 6) is 2.09. The highest BCUT2D eigenvalue weighted by Gasteiger charge is 2.27. The molecule has 6 heteroatoms. The van der Waals surface area contributed by atoms with Crippen molar-refractivity contribution >= 4 is 17.4 Å². The van der Waals surface area contributed by atoms with E-state index in [4.69, 9.17) is 4.74 Å². The molecule has 6 nitrogen and oxygen atoms in total. The second kappa shape index (κ2) is 9.81. The molecule has 1 N–H and O–H groups in total. The Labute approximate surface area is 189 Å². The molecule has 1 amide bonds. The lowest BCUT2D eigenvalue weighted by Gasteiger charge is -2.32. The number of ether oxygens (including phenoxy) is 1. The number of hydrogen-bond acceptors (Lipinski definition) is 5. The first-order chi connectivity index (χ1) is 15.5. The van der Waals surface area contributed by atoms with E-state index in [2.05, 4.69) is 46.4 Å². The summed E-state index contributed by atoms with van der Waals surface area (Å²) in [4.78, 5) is 15.0.